The van der Waals surface area contributed by atoms with E-state index in [9.17, 15) is 17.6 Å². The monoisotopic (exact) mass is 498 g/mol. The third kappa shape index (κ3) is 4.81. The van der Waals surface area contributed by atoms with E-state index in [0.717, 1.165) is 18.4 Å². The molecule has 0 radical (unpaired) electrons. The highest BCUT2D eigenvalue weighted by molar-refractivity contribution is 7.89. The second-order valence-corrected chi connectivity index (χ2v) is 11.1. The Labute approximate surface area is 198 Å². The zero-order chi connectivity index (χ0) is 22.9. The van der Waals surface area contributed by atoms with Crippen LogP contribution in [0.15, 0.2) is 47.4 Å². The Kier molecular flexibility index (Phi) is 7.10. The summed E-state index contributed by atoms with van der Waals surface area (Å²) in [7, 11) is -3.84. The third-order valence-electron chi connectivity index (χ3n) is 6.34. The van der Waals surface area contributed by atoms with Crippen molar-refractivity contribution in [3.63, 3.8) is 0 Å². The molecule has 1 amide bonds. The molecule has 32 heavy (non-hydrogen) atoms. The minimum Gasteiger partial charge on any atom is -0.339 e. The molecule has 5 nitrogen and oxygen atoms in total. The Bertz CT molecular complexity index is 1080. The number of piperidine rings is 1. The number of nitrogens with zero attached hydrogens (tertiary/aromatic N) is 2. The SMILES string of the molecule is O=C(C1CCN(S(=O)(=O)c2c(Cl)cccc2Cl)CC1)N1CCCC1Cc1cccc(F)c1. The van der Waals surface area contributed by atoms with Gasteiger partial charge in [-0.05, 0) is 61.9 Å². The van der Waals surface area contributed by atoms with Crippen LogP contribution < -0.4 is 0 Å². The molecule has 2 fully saturated rings. The first-order valence-electron chi connectivity index (χ1n) is 10.8. The van der Waals surface area contributed by atoms with E-state index in [-0.39, 0.29) is 51.7 Å². The van der Waals surface area contributed by atoms with Crippen molar-refractivity contribution in [1.82, 2.24) is 9.21 Å². The van der Waals surface area contributed by atoms with E-state index >= 15 is 0 Å². The Hall–Kier alpha value is -1.67. The number of likely N-dealkylation sites (tertiary alicyclic amines) is 1. The summed E-state index contributed by atoms with van der Waals surface area (Å²) < 4.78 is 41.1. The number of amides is 1. The largest absolute Gasteiger partial charge is 0.339 e. The highest BCUT2D eigenvalue weighted by atomic mass is 35.5. The van der Waals surface area contributed by atoms with Crippen LogP contribution in [0.5, 0.6) is 0 Å². The molecule has 1 atom stereocenters. The maximum absolute atomic E-state index is 13.5. The van der Waals surface area contributed by atoms with E-state index in [1.807, 2.05) is 11.0 Å². The molecule has 4 rings (SSSR count). The van der Waals surface area contributed by atoms with E-state index in [1.165, 1.54) is 28.6 Å². The summed E-state index contributed by atoms with van der Waals surface area (Å²) >= 11 is 12.2. The molecule has 2 heterocycles. The van der Waals surface area contributed by atoms with E-state index < -0.39 is 10.0 Å². The summed E-state index contributed by atoms with van der Waals surface area (Å²) in [6.45, 7) is 1.16. The number of rotatable bonds is 5. The van der Waals surface area contributed by atoms with Crippen LogP contribution in [0.3, 0.4) is 0 Å². The molecule has 0 aromatic heterocycles. The smallest absolute Gasteiger partial charge is 0.246 e. The lowest BCUT2D eigenvalue weighted by Gasteiger charge is -2.34. The van der Waals surface area contributed by atoms with Crippen LogP contribution in [-0.4, -0.2) is 49.2 Å². The molecule has 0 saturated carbocycles. The van der Waals surface area contributed by atoms with Gasteiger partial charge in [0, 0.05) is 31.6 Å². The Morgan fingerprint density at radius 2 is 1.66 bits per heavy atom. The number of carbonyl (C=O) groups is 1. The van der Waals surface area contributed by atoms with Gasteiger partial charge in [0.2, 0.25) is 15.9 Å². The molecular weight excluding hydrogens is 474 g/mol. The summed E-state index contributed by atoms with van der Waals surface area (Å²) in [5, 5.41) is 0.181. The summed E-state index contributed by atoms with van der Waals surface area (Å²) in [5.74, 6) is -0.432. The van der Waals surface area contributed by atoms with Gasteiger partial charge in [-0.2, -0.15) is 4.31 Å². The quantitative estimate of drug-likeness (QED) is 0.596. The summed E-state index contributed by atoms with van der Waals surface area (Å²) in [6.07, 6.45) is 3.33. The van der Waals surface area contributed by atoms with Crippen molar-refractivity contribution < 1.29 is 17.6 Å². The van der Waals surface area contributed by atoms with E-state index in [0.29, 0.717) is 25.8 Å². The average Bonchev–Trinajstić information content (AvgIpc) is 3.21. The van der Waals surface area contributed by atoms with E-state index in [1.54, 1.807) is 12.1 Å². The predicted octanol–water partition coefficient (Wildman–Crippen LogP) is 4.77. The number of carbonyl (C=O) groups excluding carboxylic acids is 1. The van der Waals surface area contributed by atoms with Crippen LogP contribution in [0.2, 0.25) is 10.0 Å². The maximum Gasteiger partial charge on any atom is 0.246 e. The molecule has 9 heteroatoms. The fraction of sp³-hybridized carbons (Fsp3) is 0.435. The average molecular weight is 499 g/mol. The topological polar surface area (TPSA) is 57.7 Å². The second-order valence-electron chi connectivity index (χ2n) is 8.39. The van der Waals surface area contributed by atoms with E-state index in [4.69, 9.17) is 23.2 Å². The van der Waals surface area contributed by atoms with Gasteiger partial charge in [-0.3, -0.25) is 4.79 Å². The third-order valence-corrected chi connectivity index (χ3v) is 9.20. The molecule has 2 saturated heterocycles. The number of sulfonamides is 1. The number of hydrogen-bond donors (Lipinski definition) is 0. The van der Waals surface area contributed by atoms with Crippen molar-refractivity contribution in [2.45, 2.75) is 43.0 Å². The van der Waals surface area contributed by atoms with Crippen molar-refractivity contribution >= 4 is 39.1 Å². The van der Waals surface area contributed by atoms with Gasteiger partial charge in [0.25, 0.3) is 0 Å². The van der Waals surface area contributed by atoms with Crippen LogP contribution in [0.25, 0.3) is 0 Å². The van der Waals surface area contributed by atoms with Crippen LogP contribution in [0, 0.1) is 11.7 Å². The van der Waals surface area contributed by atoms with E-state index in [2.05, 4.69) is 0 Å². The highest BCUT2D eigenvalue weighted by Gasteiger charge is 2.38. The van der Waals surface area contributed by atoms with Crippen LogP contribution in [-0.2, 0) is 21.2 Å². The Morgan fingerprint density at radius 1 is 1.00 bits per heavy atom. The van der Waals surface area contributed by atoms with Gasteiger partial charge in [-0.1, -0.05) is 41.4 Å². The molecule has 0 N–H and O–H groups in total. The second kappa shape index (κ2) is 9.67. The van der Waals surface area contributed by atoms with Gasteiger partial charge in [-0.15, -0.1) is 0 Å². The molecule has 172 valence electrons. The van der Waals surface area contributed by atoms with Crippen LogP contribution in [0.1, 0.15) is 31.2 Å². The summed E-state index contributed by atoms with van der Waals surface area (Å²) in [5.41, 5.74) is 0.882. The number of benzene rings is 2. The fourth-order valence-electron chi connectivity index (χ4n) is 4.71. The molecule has 2 aliphatic rings. The molecule has 2 aromatic carbocycles. The number of hydrogen-bond acceptors (Lipinski definition) is 3. The van der Waals surface area contributed by atoms with Crippen molar-refractivity contribution in [3.8, 4) is 0 Å². The summed E-state index contributed by atoms with van der Waals surface area (Å²) in [6, 6.07) is 11.2. The zero-order valence-electron chi connectivity index (χ0n) is 17.5. The van der Waals surface area contributed by atoms with Gasteiger partial charge in [0.1, 0.15) is 10.7 Å². The normalized spacial score (nSPS) is 20.6. The minimum absolute atomic E-state index is 0.0491. The lowest BCUT2D eigenvalue weighted by atomic mass is 9.95. The first kappa shape index (κ1) is 23.5. The molecule has 0 aliphatic carbocycles. The minimum atomic E-state index is -3.84. The van der Waals surface area contributed by atoms with Gasteiger partial charge in [-0.25, -0.2) is 12.8 Å². The lowest BCUT2D eigenvalue weighted by Crippen LogP contribution is -2.46. The van der Waals surface area contributed by atoms with Crippen LogP contribution in [0.4, 0.5) is 4.39 Å². The summed E-state index contributed by atoms with van der Waals surface area (Å²) in [4.78, 5) is 15.1. The maximum atomic E-state index is 13.5. The Morgan fingerprint density at radius 3 is 2.31 bits per heavy atom. The zero-order valence-corrected chi connectivity index (χ0v) is 19.8. The van der Waals surface area contributed by atoms with Crippen molar-refractivity contribution in [2.75, 3.05) is 19.6 Å². The molecule has 0 bridgehead atoms. The molecule has 0 spiro atoms. The van der Waals surface area contributed by atoms with Crippen LogP contribution >= 0.6 is 23.2 Å². The Balaban J connectivity index is 1.41. The first-order valence-corrected chi connectivity index (χ1v) is 13.0. The fourth-order valence-corrected chi connectivity index (χ4v) is 7.27. The lowest BCUT2D eigenvalue weighted by molar-refractivity contribution is -0.137. The number of halogens is 3. The van der Waals surface area contributed by atoms with Gasteiger partial charge < -0.3 is 4.90 Å². The van der Waals surface area contributed by atoms with Gasteiger partial charge >= 0.3 is 0 Å². The molecular formula is C23H25Cl2FN2O3S. The first-order chi connectivity index (χ1) is 15.3. The van der Waals surface area contributed by atoms with Gasteiger partial charge in [0.15, 0.2) is 0 Å². The van der Waals surface area contributed by atoms with Crippen molar-refractivity contribution in [3.05, 3.63) is 63.9 Å². The molecule has 2 aliphatic heterocycles. The molecule has 1 unspecified atom stereocenters. The molecule has 2 aromatic rings. The highest BCUT2D eigenvalue weighted by Crippen LogP contribution is 2.34. The standard InChI is InChI=1S/C23H25Cl2FN2O3S/c24-20-7-2-8-21(25)22(20)32(30,31)27-12-9-17(10-13-27)23(29)28-11-3-6-19(28)15-16-4-1-5-18(26)14-16/h1-2,4-5,7-8,14,17,19H,3,6,9-13,15H2. The van der Waals surface area contributed by atoms with Crippen molar-refractivity contribution in [2.24, 2.45) is 5.92 Å². The van der Waals surface area contributed by atoms with Crippen molar-refractivity contribution in [1.29, 1.82) is 0 Å². The van der Waals surface area contributed by atoms with Gasteiger partial charge in [0.05, 0.1) is 10.0 Å². The predicted molar refractivity (Wildman–Crippen MR) is 123 cm³/mol.